The van der Waals surface area contributed by atoms with Crippen LogP contribution < -0.4 is 26.6 Å². The largest absolute Gasteiger partial charge is 0.481 e. The second-order valence-electron chi connectivity index (χ2n) is 13.1. The van der Waals surface area contributed by atoms with Gasteiger partial charge in [0.15, 0.2) is 0 Å². The second-order valence-corrected chi connectivity index (χ2v) is 13.1. The molecule has 0 heterocycles. The molecule has 0 aromatic rings. The Morgan fingerprint density at radius 3 is 1.89 bits per heavy atom. The van der Waals surface area contributed by atoms with Crippen LogP contribution in [-0.2, 0) is 28.8 Å². The molecule has 2 rings (SSSR count). The molecule has 2 fully saturated rings. The van der Waals surface area contributed by atoms with Crippen molar-refractivity contribution < 1.29 is 33.9 Å². The maximum Gasteiger partial charge on any atom is 0.303 e. The van der Waals surface area contributed by atoms with Crippen molar-refractivity contribution in [1.29, 1.82) is 0 Å². The molecule has 2 aliphatic carbocycles. The van der Waals surface area contributed by atoms with Crippen molar-refractivity contribution >= 4 is 35.5 Å². The zero-order valence-electron chi connectivity index (χ0n) is 27.6. The van der Waals surface area contributed by atoms with E-state index in [1.54, 1.807) is 0 Å². The van der Waals surface area contributed by atoms with Crippen LogP contribution in [-0.4, -0.2) is 71.8 Å². The highest BCUT2D eigenvalue weighted by atomic mass is 16.4. The minimum atomic E-state index is -0.985. The predicted octanol–water partition coefficient (Wildman–Crippen LogP) is 2.65. The summed E-state index contributed by atoms with van der Waals surface area (Å²) < 4.78 is 0. The van der Waals surface area contributed by atoms with Gasteiger partial charge in [0, 0.05) is 31.8 Å². The topological polar surface area (TPSA) is 183 Å². The number of hydrogen-bond donors (Lipinski definition) is 6. The van der Waals surface area contributed by atoms with Crippen molar-refractivity contribution in [2.24, 2.45) is 23.7 Å². The summed E-state index contributed by atoms with van der Waals surface area (Å²) in [7, 11) is 0. The highest BCUT2D eigenvalue weighted by Gasteiger charge is 2.31. The van der Waals surface area contributed by atoms with Gasteiger partial charge in [-0.25, -0.2) is 0 Å². The van der Waals surface area contributed by atoms with Gasteiger partial charge in [0.1, 0.15) is 12.1 Å². The number of carbonyl (C=O) groups is 6. The van der Waals surface area contributed by atoms with E-state index in [2.05, 4.69) is 33.5 Å². The lowest BCUT2D eigenvalue weighted by molar-refractivity contribution is -0.137. The summed E-state index contributed by atoms with van der Waals surface area (Å²) in [5.41, 5.74) is 0. The minimum Gasteiger partial charge on any atom is -0.481 e. The van der Waals surface area contributed by atoms with Gasteiger partial charge in [0.25, 0.3) is 0 Å². The van der Waals surface area contributed by atoms with Crippen molar-refractivity contribution in [2.75, 3.05) is 13.1 Å². The molecule has 12 heteroatoms. The molecule has 0 aromatic carbocycles. The van der Waals surface area contributed by atoms with Crippen LogP contribution in [0.15, 0.2) is 0 Å². The number of amides is 5. The third-order valence-corrected chi connectivity index (χ3v) is 7.46. The van der Waals surface area contributed by atoms with Gasteiger partial charge in [-0.05, 0) is 56.3 Å². The number of hydrogen-bond acceptors (Lipinski definition) is 6. The Morgan fingerprint density at radius 2 is 1.39 bits per heavy atom. The molecule has 0 bridgehead atoms. The molecule has 0 aliphatic heterocycles. The molecule has 252 valence electrons. The molecule has 0 spiro atoms. The third-order valence-electron chi connectivity index (χ3n) is 7.46. The van der Waals surface area contributed by atoms with Gasteiger partial charge in [0.2, 0.25) is 29.5 Å². The van der Waals surface area contributed by atoms with Crippen LogP contribution in [0.5, 0.6) is 0 Å². The fraction of sp³-hybridized carbons (Fsp3) is 0.812. The number of aliphatic carboxylic acids is 1. The molecule has 6 N–H and O–H groups in total. The first-order valence-corrected chi connectivity index (χ1v) is 16.4. The third kappa shape index (κ3) is 19.2. The molecule has 44 heavy (non-hydrogen) atoms. The molecule has 0 aromatic heterocycles. The summed E-state index contributed by atoms with van der Waals surface area (Å²) in [4.78, 5) is 73.2. The average molecular weight is 624 g/mol. The van der Waals surface area contributed by atoms with Crippen LogP contribution >= 0.6 is 0 Å². The van der Waals surface area contributed by atoms with E-state index in [4.69, 9.17) is 5.11 Å². The monoisotopic (exact) mass is 623 g/mol. The summed E-state index contributed by atoms with van der Waals surface area (Å²) in [5.74, 6) is -1.15. The van der Waals surface area contributed by atoms with Gasteiger partial charge in [-0.1, -0.05) is 60.3 Å². The lowest BCUT2D eigenvalue weighted by Gasteiger charge is -2.24. The van der Waals surface area contributed by atoms with E-state index in [0.717, 1.165) is 18.8 Å². The number of rotatable bonds is 20. The van der Waals surface area contributed by atoms with Crippen molar-refractivity contribution in [3.63, 3.8) is 0 Å². The van der Waals surface area contributed by atoms with Crippen LogP contribution in [0.2, 0.25) is 0 Å². The molecule has 2 saturated carbocycles. The van der Waals surface area contributed by atoms with Gasteiger partial charge in [-0.2, -0.15) is 0 Å². The maximum absolute atomic E-state index is 12.8. The second kappa shape index (κ2) is 20.7. The van der Waals surface area contributed by atoms with Gasteiger partial charge in [-0.15, -0.1) is 0 Å². The molecule has 2 aliphatic rings. The minimum absolute atomic E-state index is 0.00683. The van der Waals surface area contributed by atoms with Crippen LogP contribution in [0.3, 0.4) is 0 Å². The van der Waals surface area contributed by atoms with Crippen molar-refractivity contribution in [3.05, 3.63) is 0 Å². The Balaban J connectivity index is 0.00000222. The summed E-state index contributed by atoms with van der Waals surface area (Å²) in [5, 5.41) is 22.4. The molecule has 12 nitrogen and oxygen atoms in total. The average Bonchev–Trinajstić information content (AvgIpc) is 3.87. The van der Waals surface area contributed by atoms with Gasteiger partial charge < -0.3 is 31.7 Å². The van der Waals surface area contributed by atoms with Crippen molar-refractivity contribution in [3.8, 4) is 0 Å². The number of carboxylic acids is 1. The summed E-state index contributed by atoms with van der Waals surface area (Å²) in [6.45, 7) is 12.0. The van der Waals surface area contributed by atoms with E-state index < -0.39 is 35.8 Å². The number of carboxylic acid groups (broad SMARTS) is 1. The highest BCUT2D eigenvalue weighted by Crippen LogP contribution is 2.33. The SMILES string of the molecule is CC1CC1.CCNC(=O)[C@@H](NC(=O)CCC(CC(C)C)NC(=O)CNC(=O)C(CC1CC1)NC(=O)CCCC(=O)O)C(C)C. The Hall–Kier alpha value is -3.18. The van der Waals surface area contributed by atoms with E-state index >= 15 is 0 Å². The van der Waals surface area contributed by atoms with Gasteiger partial charge in [0.05, 0.1) is 6.54 Å². The molecule has 0 saturated heterocycles. The number of nitrogens with one attached hydrogen (secondary N) is 5. The lowest BCUT2D eigenvalue weighted by atomic mass is 9.98. The Bertz CT molecular complexity index is 947. The summed E-state index contributed by atoms with van der Waals surface area (Å²) >= 11 is 0. The zero-order chi connectivity index (χ0) is 33.2. The molecule has 0 radical (unpaired) electrons. The van der Waals surface area contributed by atoms with Crippen molar-refractivity contribution in [2.45, 2.75) is 130 Å². The maximum atomic E-state index is 12.8. The van der Waals surface area contributed by atoms with Crippen LogP contribution in [0, 0.1) is 23.7 Å². The lowest BCUT2D eigenvalue weighted by Crippen LogP contribution is -2.50. The van der Waals surface area contributed by atoms with E-state index in [0.29, 0.717) is 31.7 Å². The fourth-order valence-electron chi connectivity index (χ4n) is 4.51. The van der Waals surface area contributed by atoms with Crippen LogP contribution in [0.1, 0.15) is 112 Å². The Kier molecular flexibility index (Phi) is 18.3. The Labute approximate surface area is 263 Å². The molecular weight excluding hydrogens is 566 g/mol. The zero-order valence-corrected chi connectivity index (χ0v) is 27.6. The van der Waals surface area contributed by atoms with Gasteiger partial charge >= 0.3 is 5.97 Å². The number of carbonyl (C=O) groups excluding carboxylic acids is 5. The molecule has 3 atom stereocenters. The highest BCUT2D eigenvalue weighted by molar-refractivity contribution is 5.91. The van der Waals surface area contributed by atoms with Crippen LogP contribution in [0.25, 0.3) is 0 Å². The van der Waals surface area contributed by atoms with Gasteiger partial charge in [-0.3, -0.25) is 28.8 Å². The standard InChI is InChI=1S/C28H49N5O7.C4H8/c1-6-29-28(40)26(18(4)5)33-23(35)13-12-20(14-17(2)3)31-24(36)16-30-27(39)21(15-19-10-11-19)32-22(34)8-7-9-25(37)38;1-4-2-3-4/h17-21,26H,6-16H2,1-5H3,(H,29,40)(H,30,39)(H,31,36)(H,32,34)(H,33,35)(H,37,38);4H,2-3H2,1H3/t20?,21?,26-;/m0./s1. The number of likely N-dealkylation sites (N-methyl/N-ethyl adjacent to an activating group) is 1. The first-order valence-electron chi connectivity index (χ1n) is 16.4. The normalized spacial score (nSPS) is 16.1. The Morgan fingerprint density at radius 1 is 0.773 bits per heavy atom. The first-order chi connectivity index (χ1) is 20.7. The van der Waals surface area contributed by atoms with E-state index in [1.807, 2.05) is 34.6 Å². The van der Waals surface area contributed by atoms with E-state index in [9.17, 15) is 28.8 Å². The predicted molar refractivity (Wildman–Crippen MR) is 168 cm³/mol. The van der Waals surface area contributed by atoms with E-state index in [-0.39, 0.29) is 61.9 Å². The molecular formula is C32H57N5O7. The quantitative estimate of drug-likeness (QED) is 0.120. The van der Waals surface area contributed by atoms with Crippen LogP contribution in [0.4, 0.5) is 0 Å². The fourth-order valence-corrected chi connectivity index (χ4v) is 4.51. The molecule has 2 unspecified atom stereocenters. The molecule has 5 amide bonds. The van der Waals surface area contributed by atoms with E-state index in [1.165, 1.54) is 12.8 Å². The summed E-state index contributed by atoms with van der Waals surface area (Å²) in [6, 6.07) is -1.72. The first kappa shape index (κ1) is 38.8. The van der Waals surface area contributed by atoms with Crippen molar-refractivity contribution in [1.82, 2.24) is 26.6 Å². The smallest absolute Gasteiger partial charge is 0.303 e. The summed E-state index contributed by atoms with van der Waals surface area (Å²) in [6.07, 6.45) is 6.59.